The summed E-state index contributed by atoms with van der Waals surface area (Å²) in [6.45, 7) is 11.0. The molecule has 0 saturated carbocycles. The minimum absolute atomic E-state index is 0.148. The van der Waals surface area contributed by atoms with Crippen LogP contribution in [0, 0.1) is 5.41 Å². The average Bonchev–Trinajstić information content (AvgIpc) is 2.73. The third kappa shape index (κ3) is 2.69. The van der Waals surface area contributed by atoms with Crippen LogP contribution in [0.25, 0.3) is 0 Å². The van der Waals surface area contributed by atoms with E-state index < -0.39 is 0 Å². The summed E-state index contributed by atoms with van der Waals surface area (Å²) >= 11 is 0. The van der Waals surface area contributed by atoms with Crippen LogP contribution in [0.1, 0.15) is 58.8 Å². The third-order valence-corrected chi connectivity index (χ3v) is 3.76. The molecule has 4 nitrogen and oxygen atoms in total. The summed E-state index contributed by atoms with van der Waals surface area (Å²) in [6.07, 6.45) is 2.90. The molecular weight excluding hydrogens is 226 g/mol. The topological polar surface area (TPSA) is 39.1 Å². The molecule has 18 heavy (non-hydrogen) atoms. The normalized spacial score (nSPS) is 14.0. The van der Waals surface area contributed by atoms with E-state index in [4.69, 9.17) is 4.74 Å². The van der Waals surface area contributed by atoms with Crippen molar-refractivity contribution in [2.24, 2.45) is 5.41 Å². The number of rotatable bonds is 6. The van der Waals surface area contributed by atoms with Gasteiger partial charge in [-0.2, -0.15) is 5.10 Å². The van der Waals surface area contributed by atoms with Crippen LogP contribution in [-0.2, 0) is 0 Å². The van der Waals surface area contributed by atoms with Gasteiger partial charge in [-0.3, -0.25) is 4.68 Å². The van der Waals surface area contributed by atoms with Crippen molar-refractivity contribution in [3.63, 3.8) is 0 Å². The minimum Gasteiger partial charge on any atom is -0.493 e. The summed E-state index contributed by atoms with van der Waals surface area (Å²) < 4.78 is 7.53. The Kier molecular flexibility index (Phi) is 4.79. The van der Waals surface area contributed by atoms with Crippen molar-refractivity contribution < 1.29 is 4.74 Å². The molecule has 0 spiro atoms. The van der Waals surface area contributed by atoms with E-state index in [2.05, 4.69) is 49.7 Å². The zero-order valence-corrected chi connectivity index (χ0v) is 12.7. The zero-order chi connectivity index (χ0) is 13.9. The Morgan fingerprint density at radius 1 is 1.44 bits per heavy atom. The second-order valence-electron chi connectivity index (χ2n) is 5.70. The van der Waals surface area contributed by atoms with Gasteiger partial charge in [-0.05, 0) is 32.7 Å². The molecule has 104 valence electrons. The van der Waals surface area contributed by atoms with Crippen LogP contribution in [0.2, 0.25) is 0 Å². The first-order valence-electron chi connectivity index (χ1n) is 6.67. The monoisotopic (exact) mass is 253 g/mol. The fraction of sp³-hybridized carbons (Fsp3) is 0.786. The van der Waals surface area contributed by atoms with Crippen LogP contribution < -0.4 is 10.1 Å². The molecule has 0 aromatic carbocycles. The summed E-state index contributed by atoms with van der Waals surface area (Å²) in [5.74, 6) is 0.865. The number of nitrogens with one attached hydrogen (secondary N) is 1. The summed E-state index contributed by atoms with van der Waals surface area (Å²) in [5.41, 5.74) is 1.29. The molecule has 0 radical (unpaired) electrons. The maximum Gasteiger partial charge on any atom is 0.161 e. The van der Waals surface area contributed by atoms with Gasteiger partial charge in [-0.1, -0.05) is 20.8 Å². The summed E-state index contributed by atoms with van der Waals surface area (Å²) in [4.78, 5) is 0. The first-order valence-corrected chi connectivity index (χ1v) is 6.67. The lowest BCUT2D eigenvalue weighted by Gasteiger charge is -2.34. The van der Waals surface area contributed by atoms with Crippen LogP contribution in [0.15, 0.2) is 6.20 Å². The van der Waals surface area contributed by atoms with Crippen molar-refractivity contribution in [3.8, 4) is 5.75 Å². The van der Waals surface area contributed by atoms with Crippen molar-refractivity contribution in [1.29, 1.82) is 0 Å². The molecular formula is C14H27N3O. The van der Waals surface area contributed by atoms with E-state index in [1.165, 1.54) is 0 Å². The van der Waals surface area contributed by atoms with Crippen LogP contribution in [-0.4, -0.2) is 23.9 Å². The van der Waals surface area contributed by atoms with Gasteiger partial charge in [-0.15, -0.1) is 0 Å². The molecule has 1 aromatic rings. The van der Waals surface area contributed by atoms with E-state index in [-0.39, 0.29) is 11.5 Å². The lowest BCUT2D eigenvalue weighted by molar-refractivity contribution is 0.225. The van der Waals surface area contributed by atoms with Crippen molar-refractivity contribution >= 4 is 0 Å². The Hall–Kier alpha value is -1.03. The molecule has 1 aromatic heterocycles. The highest BCUT2D eigenvalue weighted by molar-refractivity contribution is 5.30. The summed E-state index contributed by atoms with van der Waals surface area (Å²) in [6, 6.07) is 0.551. The van der Waals surface area contributed by atoms with Crippen LogP contribution in [0.3, 0.4) is 0 Å². The molecule has 1 rings (SSSR count). The van der Waals surface area contributed by atoms with Gasteiger partial charge in [0.1, 0.15) is 0 Å². The summed E-state index contributed by atoms with van der Waals surface area (Å²) in [7, 11) is 3.70. The second kappa shape index (κ2) is 5.74. The molecule has 1 atom stereocenters. The molecule has 0 saturated heterocycles. The Morgan fingerprint density at radius 2 is 2.06 bits per heavy atom. The first kappa shape index (κ1) is 15.0. The Morgan fingerprint density at radius 3 is 2.44 bits per heavy atom. The molecule has 1 N–H and O–H groups in total. The first-order chi connectivity index (χ1) is 8.38. The lowest BCUT2D eigenvalue weighted by atomic mass is 9.80. The van der Waals surface area contributed by atoms with Gasteiger partial charge in [0.05, 0.1) is 25.0 Å². The standard InChI is InChI=1S/C14H27N3O/c1-8-14(4,5)13(15-6)12-11(18-7)9-16-17(12)10(2)3/h9-10,13,15H,8H2,1-7H3. The smallest absolute Gasteiger partial charge is 0.161 e. The number of hydrogen-bond acceptors (Lipinski definition) is 3. The van der Waals surface area contributed by atoms with Gasteiger partial charge >= 0.3 is 0 Å². The maximum absolute atomic E-state index is 5.48. The van der Waals surface area contributed by atoms with Crippen molar-refractivity contribution in [2.45, 2.75) is 53.1 Å². The molecule has 0 amide bonds. The Labute approximate surface area is 111 Å². The van der Waals surface area contributed by atoms with Crippen LogP contribution >= 0.6 is 0 Å². The summed E-state index contributed by atoms with van der Waals surface area (Å²) in [5, 5.41) is 7.88. The average molecular weight is 253 g/mol. The van der Waals surface area contributed by atoms with Gasteiger partial charge in [0, 0.05) is 6.04 Å². The zero-order valence-electron chi connectivity index (χ0n) is 12.7. The van der Waals surface area contributed by atoms with Crippen LogP contribution in [0.5, 0.6) is 5.75 Å². The Bertz CT molecular complexity index is 382. The molecule has 4 heteroatoms. The van der Waals surface area contributed by atoms with Gasteiger partial charge in [0.25, 0.3) is 0 Å². The second-order valence-corrected chi connectivity index (χ2v) is 5.70. The number of nitrogens with zero attached hydrogens (tertiary/aromatic N) is 2. The van der Waals surface area contributed by atoms with E-state index in [1.807, 2.05) is 13.2 Å². The van der Waals surface area contributed by atoms with E-state index in [0.29, 0.717) is 6.04 Å². The maximum atomic E-state index is 5.48. The SMILES string of the molecule is CCC(C)(C)C(NC)c1c(OC)cnn1C(C)C. The quantitative estimate of drug-likeness (QED) is 0.846. The van der Waals surface area contributed by atoms with Gasteiger partial charge in [-0.25, -0.2) is 0 Å². The van der Waals surface area contributed by atoms with Crippen molar-refractivity contribution in [1.82, 2.24) is 15.1 Å². The van der Waals surface area contributed by atoms with Gasteiger partial charge in [0.15, 0.2) is 5.75 Å². The van der Waals surface area contributed by atoms with Crippen molar-refractivity contribution in [3.05, 3.63) is 11.9 Å². The van der Waals surface area contributed by atoms with E-state index in [9.17, 15) is 0 Å². The van der Waals surface area contributed by atoms with Crippen LogP contribution in [0.4, 0.5) is 0 Å². The number of aromatic nitrogens is 2. The highest BCUT2D eigenvalue weighted by Crippen LogP contribution is 2.40. The van der Waals surface area contributed by atoms with Crippen molar-refractivity contribution in [2.75, 3.05) is 14.2 Å². The fourth-order valence-corrected chi connectivity index (χ4v) is 2.30. The largest absolute Gasteiger partial charge is 0.493 e. The number of hydrogen-bond donors (Lipinski definition) is 1. The van der Waals surface area contributed by atoms with E-state index >= 15 is 0 Å². The minimum atomic E-state index is 0.148. The fourth-order valence-electron chi connectivity index (χ4n) is 2.30. The predicted molar refractivity (Wildman–Crippen MR) is 75.0 cm³/mol. The molecule has 0 aliphatic carbocycles. The van der Waals surface area contributed by atoms with E-state index in [0.717, 1.165) is 17.9 Å². The molecule has 1 heterocycles. The molecule has 0 bridgehead atoms. The molecule has 1 unspecified atom stereocenters. The molecule has 0 aliphatic rings. The highest BCUT2D eigenvalue weighted by Gasteiger charge is 2.33. The molecule has 0 aliphatic heterocycles. The number of methoxy groups -OCH3 is 1. The third-order valence-electron chi connectivity index (χ3n) is 3.76. The lowest BCUT2D eigenvalue weighted by Crippen LogP contribution is -2.34. The van der Waals surface area contributed by atoms with E-state index in [1.54, 1.807) is 7.11 Å². The number of ether oxygens (including phenoxy) is 1. The van der Waals surface area contributed by atoms with Gasteiger partial charge < -0.3 is 10.1 Å². The highest BCUT2D eigenvalue weighted by atomic mass is 16.5. The Balaban J connectivity index is 3.31. The van der Waals surface area contributed by atoms with Gasteiger partial charge in [0.2, 0.25) is 0 Å². The molecule has 0 fully saturated rings. The predicted octanol–water partition coefficient (Wildman–Crippen LogP) is 3.17.